The minimum Gasteiger partial charge on any atom is -0.469 e. The molecule has 3 nitrogen and oxygen atoms in total. The van der Waals surface area contributed by atoms with Crippen molar-refractivity contribution >= 4 is 11.8 Å². The predicted octanol–water partition coefficient (Wildman–Crippen LogP) is 2.01. The summed E-state index contributed by atoms with van der Waals surface area (Å²) < 4.78 is 4.54. The second-order valence-corrected chi connectivity index (χ2v) is 3.55. The molecule has 0 spiro atoms. The highest BCUT2D eigenvalue weighted by molar-refractivity contribution is 5.91. The van der Waals surface area contributed by atoms with E-state index in [4.69, 9.17) is 0 Å². The van der Waals surface area contributed by atoms with Gasteiger partial charge in [-0.2, -0.15) is 0 Å². The molecular weight excluding hydrogens is 180 g/mol. The minimum absolute atomic E-state index is 0.173. The van der Waals surface area contributed by atoms with E-state index in [1.807, 2.05) is 0 Å². The number of hydrogen-bond acceptors (Lipinski definition) is 3. The summed E-state index contributed by atoms with van der Waals surface area (Å²) in [5, 5.41) is 0. The van der Waals surface area contributed by atoms with Crippen LogP contribution in [0.1, 0.15) is 38.5 Å². The summed E-state index contributed by atoms with van der Waals surface area (Å²) in [5.41, 5.74) is 1.19. The molecule has 0 saturated carbocycles. The molecule has 0 aromatic carbocycles. The summed E-state index contributed by atoms with van der Waals surface area (Å²) in [6.07, 6.45) is 6.46. The molecule has 1 rings (SSSR count). The van der Waals surface area contributed by atoms with Gasteiger partial charge in [0.1, 0.15) is 0 Å². The third-order valence-electron chi connectivity index (χ3n) is 2.39. The van der Waals surface area contributed by atoms with Crippen molar-refractivity contribution < 1.29 is 14.3 Å². The molecule has 0 unspecified atom stereocenters. The van der Waals surface area contributed by atoms with Crippen molar-refractivity contribution in [2.45, 2.75) is 38.5 Å². The Morgan fingerprint density at radius 2 is 2.29 bits per heavy atom. The first-order chi connectivity index (χ1) is 6.72. The van der Waals surface area contributed by atoms with Gasteiger partial charge in [-0.05, 0) is 31.8 Å². The fourth-order valence-electron chi connectivity index (χ4n) is 1.62. The Morgan fingerprint density at radius 3 is 2.93 bits per heavy atom. The number of rotatable bonds is 4. The fraction of sp³-hybridized carbons (Fsp3) is 0.636. The van der Waals surface area contributed by atoms with Crippen molar-refractivity contribution in [2.75, 3.05) is 7.11 Å². The molecule has 0 radical (unpaired) electrons. The Morgan fingerprint density at radius 1 is 1.50 bits per heavy atom. The zero-order chi connectivity index (χ0) is 10.4. The van der Waals surface area contributed by atoms with Crippen LogP contribution in [0, 0.1) is 0 Å². The molecule has 0 saturated heterocycles. The van der Waals surface area contributed by atoms with Gasteiger partial charge >= 0.3 is 5.97 Å². The fourth-order valence-corrected chi connectivity index (χ4v) is 1.62. The van der Waals surface area contributed by atoms with Crippen LogP contribution in [0.4, 0.5) is 0 Å². The lowest BCUT2D eigenvalue weighted by Gasteiger charge is -2.10. The van der Waals surface area contributed by atoms with E-state index in [1.165, 1.54) is 12.7 Å². The summed E-state index contributed by atoms with van der Waals surface area (Å²) in [6, 6.07) is 0. The van der Waals surface area contributed by atoms with Gasteiger partial charge in [0.05, 0.1) is 7.11 Å². The average molecular weight is 196 g/mol. The molecule has 1 aliphatic carbocycles. The lowest BCUT2D eigenvalue weighted by molar-refractivity contribution is -0.140. The smallest absolute Gasteiger partial charge is 0.305 e. The maximum absolute atomic E-state index is 11.1. The van der Waals surface area contributed by atoms with Gasteiger partial charge in [-0.15, -0.1) is 0 Å². The number of methoxy groups -OCH3 is 1. The monoisotopic (exact) mass is 196 g/mol. The number of ketones is 1. The second-order valence-electron chi connectivity index (χ2n) is 3.55. The first kappa shape index (κ1) is 11.0. The zero-order valence-electron chi connectivity index (χ0n) is 8.54. The van der Waals surface area contributed by atoms with Crippen LogP contribution in [0.5, 0.6) is 0 Å². The van der Waals surface area contributed by atoms with Crippen LogP contribution in [0.2, 0.25) is 0 Å². The molecule has 3 heteroatoms. The third-order valence-corrected chi connectivity index (χ3v) is 2.39. The van der Waals surface area contributed by atoms with Gasteiger partial charge in [-0.3, -0.25) is 9.59 Å². The van der Waals surface area contributed by atoms with Gasteiger partial charge in [0.25, 0.3) is 0 Å². The molecule has 0 amide bonds. The molecule has 14 heavy (non-hydrogen) atoms. The highest BCUT2D eigenvalue weighted by atomic mass is 16.5. The molecule has 0 aliphatic heterocycles. The van der Waals surface area contributed by atoms with Crippen molar-refractivity contribution in [2.24, 2.45) is 0 Å². The number of ether oxygens (including phenoxy) is 1. The largest absolute Gasteiger partial charge is 0.469 e. The van der Waals surface area contributed by atoms with Crippen LogP contribution in [-0.2, 0) is 14.3 Å². The van der Waals surface area contributed by atoms with Crippen molar-refractivity contribution in [1.29, 1.82) is 0 Å². The topological polar surface area (TPSA) is 43.4 Å². The second kappa shape index (κ2) is 5.58. The molecule has 0 aromatic heterocycles. The number of carbonyl (C=O) groups is 2. The number of allylic oxidation sites excluding steroid dienone is 2. The van der Waals surface area contributed by atoms with Gasteiger partial charge in [-0.1, -0.05) is 5.57 Å². The number of carbonyl (C=O) groups excluding carboxylic acids is 2. The average Bonchev–Trinajstić information content (AvgIpc) is 2.17. The van der Waals surface area contributed by atoms with E-state index in [2.05, 4.69) is 4.74 Å². The van der Waals surface area contributed by atoms with Gasteiger partial charge < -0.3 is 4.74 Å². The Bertz CT molecular complexity index is 253. The van der Waals surface area contributed by atoms with E-state index >= 15 is 0 Å². The Labute approximate surface area is 84.1 Å². The van der Waals surface area contributed by atoms with E-state index in [-0.39, 0.29) is 11.8 Å². The lowest BCUT2D eigenvalue weighted by atomic mass is 9.95. The molecular formula is C11H16O3. The molecule has 0 N–H and O–H groups in total. The van der Waals surface area contributed by atoms with E-state index in [1.54, 1.807) is 6.08 Å². The first-order valence-electron chi connectivity index (χ1n) is 5.01. The molecule has 0 atom stereocenters. The normalized spacial score (nSPS) is 16.4. The quantitative estimate of drug-likeness (QED) is 0.646. The Hall–Kier alpha value is -1.12. The van der Waals surface area contributed by atoms with Crippen LogP contribution in [0.15, 0.2) is 11.6 Å². The summed E-state index contributed by atoms with van der Waals surface area (Å²) >= 11 is 0. The first-order valence-corrected chi connectivity index (χ1v) is 5.01. The number of hydrogen-bond donors (Lipinski definition) is 0. The maximum atomic E-state index is 11.1. The standard InChI is InChI=1S/C11H16O3/c1-14-11(13)7-3-5-9-4-2-6-10(12)8-9/h8H,2-7H2,1H3. The molecule has 0 fully saturated rings. The van der Waals surface area contributed by atoms with Crippen molar-refractivity contribution in [3.8, 4) is 0 Å². The highest BCUT2D eigenvalue weighted by Gasteiger charge is 2.10. The van der Waals surface area contributed by atoms with Crippen LogP contribution in [0.3, 0.4) is 0 Å². The van der Waals surface area contributed by atoms with E-state index in [0.717, 1.165) is 25.7 Å². The van der Waals surface area contributed by atoms with E-state index in [0.29, 0.717) is 12.8 Å². The lowest BCUT2D eigenvalue weighted by Crippen LogP contribution is -2.04. The van der Waals surface area contributed by atoms with Crippen molar-refractivity contribution in [3.05, 3.63) is 11.6 Å². The van der Waals surface area contributed by atoms with E-state index < -0.39 is 0 Å². The predicted molar refractivity (Wildman–Crippen MR) is 52.8 cm³/mol. The van der Waals surface area contributed by atoms with Crippen molar-refractivity contribution in [3.63, 3.8) is 0 Å². The summed E-state index contributed by atoms with van der Waals surface area (Å²) in [5.74, 6) is 0.0528. The number of esters is 1. The van der Waals surface area contributed by atoms with Crippen LogP contribution < -0.4 is 0 Å². The summed E-state index contributed by atoms with van der Waals surface area (Å²) in [7, 11) is 1.39. The van der Waals surface area contributed by atoms with Crippen LogP contribution in [-0.4, -0.2) is 18.9 Å². The van der Waals surface area contributed by atoms with Crippen molar-refractivity contribution in [1.82, 2.24) is 0 Å². The SMILES string of the molecule is COC(=O)CCCC1=CC(=O)CCC1. The maximum Gasteiger partial charge on any atom is 0.305 e. The third kappa shape index (κ3) is 3.73. The van der Waals surface area contributed by atoms with E-state index in [9.17, 15) is 9.59 Å². The van der Waals surface area contributed by atoms with Crippen LogP contribution >= 0.6 is 0 Å². The zero-order valence-corrected chi connectivity index (χ0v) is 8.54. The van der Waals surface area contributed by atoms with Gasteiger partial charge in [-0.25, -0.2) is 0 Å². The molecule has 0 heterocycles. The Kier molecular flexibility index (Phi) is 4.36. The molecule has 0 aromatic rings. The highest BCUT2D eigenvalue weighted by Crippen LogP contribution is 2.20. The Balaban J connectivity index is 2.24. The minimum atomic E-state index is -0.173. The van der Waals surface area contributed by atoms with Crippen LogP contribution in [0.25, 0.3) is 0 Å². The molecule has 1 aliphatic rings. The molecule has 0 bridgehead atoms. The van der Waals surface area contributed by atoms with Gasteiger partial charge in [0, 0.05) is 12.8 Å². The molecule has 78 valence electrons. The summed E-state index contributed by atoms with van der Waals surface area (Å²) in [6.45, 7) is 0. The summed E-state index contributed by atoms with van der Waals surface area (Å²) in [4.78, 5) is 21.9. The van der Waals surface area contributed by atoms with Gasteiger partial charge in [0.15, 0.2) is 5.78 Å². The van der Waals surface area contributed by atoms with Gasteiger partial charge in [0.2, 0.25) is 0 Å².